The fourth-order valence-electron chi connectivity index (χ4n) is 3.23. The summed E-state index contributed by atoms with van der Waals surface area (Å²) in [4.78, 5) is 2.67. The zero-order valence-corrected chi connectivity index (χ0v) is 12.5. The zero-order chi connectivity index (χ0) is 13.3. The Morgan fingerprint density at radius 1 is 1.17 bits per heavy atom. The molecule has 0 spiro atoms. The predicted molar refractivity (Wildman–Crippen MR) is 79.0 cm³/mol. The molecule has 100 valence electrons. The third-order valence-corrected chi connectivity index (χ3v) is 4.09. The van der Waals surface area contributed by atoms with Crippen LogP contribution >= 0.6 is 0 Å². The minimum Gasteiger partial charge on any atom is -0.291 e. The predicted octanol–water partition coefficient (Wildman–Crippen LogP) is 4.75. The number of nitrogens with zero attached hydrogens (tertiary/aromatic N) is 1. The van der Waals surface area contributed by atoms with Gasteiger partial charge in [-0.3, -0.25) is 4.90 Å². The largest absolute Gasteiger partial charge is 0.291 e. The third kappa shape index (κ3) is 2.61. The molecule has 1 fully saturated rings. The van der Waals surface area contributed by atoms with Crippen molar-refractivity contribution in [2.75, 3.05) is 6.54 Å². The van der Waals surface area contributed by atoms with Crippen LogP contribution in [0.25, 0.3) is 0 Å². The first-order chi connectivity index (χ1) is 8.41. The highest BCUT2D eigenvalue weighted by atomic mass is 15.2. The quantitative estimate of drug-likeness (QED) is 0.727. The van der Waals surface area contributed by atoms with Crippen LogP contribution in [0.4, 0.5) is 0 Å². The SMILES string of the molecule is CC(C)c1ccccc1[C@@H]1CCCN1C(C)(C)C. The number of benzene rings is 1. The van der Waals surface area contributed by atoms with Crippen molar-refractivity contribution in [1.29, 1.82) is 0 Å². The van der Waals surface area contributed by atoms with E-state index in [9.17, 15) is 0 Å². The van der Waals surface area contributed by atoms with E-state index >= 15 is 0 Å². The average molecular weight is 245 g/mol. The van der Waals surface area contributed by atoms with E-state index < -0.39 is 0 Å². The third-order valence-electron chi connectivity index (χ3n) is 4.09. The lowest BCUT2D eigenvalue weighted by atomic mass is 9.90. The van der Waals surface area contributed by atoms with Crippen molar-refractivity contribution in [3.63, 3.8) is 0 Å². The van der Waals surface area contributed by atoms with E-state index in [0.29, 0.717) is 12.0 Å². The molecule has 18 heavy (non-hydrogen) atoms. The van der Waals surface area contributed by atoms with E-state index in [4.69, 9.17) is 0 Å². The standard InChI is InChI=1S/C17H27N/c1-13(2)14-9-6-7-10-15(14)16-11-8-12-18(16)17(3,4)5/h6-7,9-10,13,16H,8,11-12H2,1-5H3/t16-/m0/s1. The van der Waals surface area contributed by atoms with Crippen LogP contribution in [0.2, 0.25) is 0 Å². The second-order valence-corrected chi connectivity index (χ2v) is 6.81. The lowest BCUT2D eigenvalue weighted by molar-refractivity contribution is 0.121. The lowest BCUT2D eigenvalue weighted by Gasteiger charge is -2.38. The van der Waals surface area contributed by atoms with Gasteiger partial charge in [0.05, 0.1) is 0 Å². The number of likely N-dealkylation sites (tertiary alicyclic amines) is 1. The second kappa shape index (κ2) is 5.05. The molecule has 0 radical (unpaired) electrons. The Balaban J connectivity index is 2.36. The highest BCUT2D eigenvalue weighted by Crippen LogP contribution is 2.39. The summed E-state index contributed by atoms with van der Waals surface area (Å²) in [5.41, 5.74) is 3.35. The maximum Gasteiger partial charge on any atom is 0.0356 e. The van der Waals surface area contributed by atoms with Crippen molar-refractivity contribution in [2.45, 2.75) is 65.0 Å². The van der Waals surface area contributed by atoms with Crippen molar-refractivity contribution in [3.8, 4) is 0 Å². The van der Waals surface area contributed by atoms with Gasteiger partial charge in [0.15, 0.2) is 0 Å². The van der Waals surface area contributed by atoms with Crippen LogP contribution in [0.3, 0.4) is 0 Å². The maximum atomic E-state index is 2.67. The first kappa shape index (κ1) is 13.6. The van der Waals surface area contributed by atoms with E-state index in [1.54, 1.807) is 5.56 Å². The van der Waals surface area contributed by atoms with Gasteiger partial charge in [0, 0.05) is 11.6 Å². The molecule has 0 amide bonds. The molecule has 1 heteroatoms. The molecule has 2 rings (SSSR count). The smallest absolute Gasteiger partial charge is 0.0356 e. The molecular weight excluding hydrogens is 218 g/mol. The summed E-state index contributed by atoms with van der Waals surface area (Å²) >= 11 is 0. The van der Waals surface area contributed by atoms with Gasteiger partial charge in [0.25, 0.3) is 0 Å². The summed E-state index contributed by atoms with van der Waals surface area (Å²) in [5, 5.41) is 0. The molecule has 1 aromatic carbocycles. The van der Waals surface area contributed by atoms with Gasteiger partial charge in [-0.05, 0) is 57.2 Å². The van der Waals surface area contributed by atoms with Gasteiger partial charge in [-0.25, -0.2) is 0 Å². The Morgan fingerprint density at radius 2 is 1.83 bits per heavy atom. The Labute approximate surface area is 112 Å². The molecular formula is C17H27N. The monoisotopic (exact) mass is 245 g/mol. The zero-order valence-electron chi connectivity index (χ0n) is 12.5. The van der Waals surface area contributed by atoms with E-state index in [-0.39, 0.29) is 5.54 Å². The van der Waals surface area contributed by atoms with Gasteiger partial charge in [-0.15, -0.1) is 0 Å². The summed E-state index contributed by atoms with van der Waals surface area (Å²) in [6.45, 7) is 12.8. The van der Waals surface area contributed by atoms with E-state index in [1.165, 1.54) is 24.9 Å². The average Bonchev–Trinajstić information content (AvgIpc) is 2.77. The van der Waals surface area contributed by atoms with Crippen molar-refractivity contribution in [2.24, 2.45) is 0 Å². The van der Waals surface area contributed by atoms with Crippen LogP contribution in [0.15, 0.2) is 24.3 Å². The second-order valence-electron chi connectivity index (χ2n) is 6.81. The summed E-state index contributed by atoms with van der Waals surface area (Å²) in [5.74, 6) is 0.614. The molecule has 1 aliphatic rings. The maximum absolute atomic E-state index is 2.67. The molecule has 0 aliphatic carbocycles. The molecule has 0 saturated carbocycles. The minimum atomic E-state index is 0.269. The van der Waals surface area contributed by atoms with Crippen LogP contribution in [0.1, 0.15) is 70.5 Å². The van der Waals surface area contributed by atoms with Crippen molar-refractivity contribution in [3.05, 3.63) is 35.4 Å². The van der Waals surface area contributed by atoms with Crippen molar-refractivity contribution >= 4 is 0 Å². The van der Waals surface area contributed by atoms with Gasteiger partial charge < -0.3 is 0 Å². The molecule has 1 atom stereocenters. The first-order valence-electron chi connectivity index (χ1n) is 7.27. The van der Waals surface area contributed by atoms with Crippen molar-refractivity contribution in [1.82, 2.24) is 4.90 Å². The summed E-state index contributed by atoms with van der Waals surface area (Å²) in [7, 11) is 0. The highest BCUT2D eigenvalue weighted by molar-refractivity contribution is 5.33. The van der Waals surface area contributed by atoms with E-state index in [0.717, 1.165) is 0 Å². The number of rotatable bonds is 2. The molecule has 1 aliphatic heterocycles. The normalized spacial score (nSPS) is 21.8. The highest BCUT2D eigenvalue weighted by Gasteiger charge is 2.34. The first-order valence-corrected chi connectivity index (χ1v) is 7.27. The number of hydrogen-bond acceptors (Lipinski definition) is 1. The molecule has 0 aromatic heterocycles. The Bertz CT molecular complexity index is 400. The topological polar surface area (TPSA) is 3.24 Å². The van der Waals surface area contributed by atoms with Gasteiger partial charge in [0.2, 0.25) is 0 Å². The number of hydrogen-bond donors (Lipinski definition) is 0. The molecule has 1 heterocycles. The molecule has 0 N–H and O–H groups in total. The van der Waals surface area contributed by atoms with E-state index in [2.05, 4.69) is 63.8 Å². The Kier molecular flexibility index (Phi) is 3.82. The molecule has 0 unspecified atom stereocenters. The fraction of sp³-hybridized carbons (Fsp3) is 0.647. The van der Waals surface area contributed by atoms with Crippen LogP contribution in [-0.2, 0) is 0 Å². The van der Waals surface area contributed by atoms with Crippen LogP contribution in [-0.4, -0.2) is 17.0 Å². The van der Waals surface area contributed by atoms with Crippen LogP contribution in [0.5, 0.6) is 0 Å². The molecule has 1 nitrogen and oxygen atoms in total. The summed E-state index contributed by atoms with van der Waals surface area (Å²) in [6.07, 6.45) is 2.63. The Hall–Kier alpha value is -0.820. The van der Waals surface area contributed by atoms with Crippen LogP contribution < -0.4 is 0 Å². The molecule has 1 saturated heterocycles. The van der Waals surface area contributed by atoms with E-state index in [1.807, 2.05) is 0 Å². The van der Waals surface area contributed by atoms with Gasteiger partial charge in [0.1, 0.15) is 0 Å². The summed E-state index contributed by atoms with van der Waals surface area (Å²) < 4.78 is 0. The van der Waals surface area contributed by atoms with Gasteiger partial charge in [-0.2, -0.15) is 0 Å². The van der Waals surface area contributed by atoms with Crippen molar-refractivity contribution < 1.29 is 0 Å². The van der Waals surface area contributed by atoms with Crippen LogP contribution in [0, 0.1) is 0 Å². The minimum absolute atomic E-state index is 0.269. The van der Waals surface area contributed by atoms with Gasteiger partial charge >= 0.3 is 0 Å². The summed E-state index contributed by atoms with van der Waals surface area (Å²) in [6, 6.07) is 9.63. The Morgan fingerprint density at radius 3 is 2.44 bits per heavy atom. The lowest BCUT2D eigenvalue weighted by Crippen LogP contribution is -2.40. The van der Waals surface area contributed by atoms with Gasteiger partial charge in [-0.1, -0.05) is 38.1 Å². The fourth-order valence-corrected chi connectivity index (χ4v) is 3.23. The molecule has 1 aromatic rings. The molecule has 0 bridgehead atoms.